The number of fused-ring (bicyclic) bond motifs is 6. The van der Waals surface area contributed by atoms with Gasteiger partial charge >= 0.3 is 0 Å². The summed E-state index contributed by atoms with van der Waals surface area (Å²) < 4.78 is 6.18. The van der Waals surface area contributed by atoms with Crippen molar-refractivity contribution >= 4 is 5.69 Å². The summed E-state index contributed by atoms with van der Waals surface area (Å²) in [6, 6.07) is 6.39. The van der Waals surface area contributed by atoms with Gasteiger partial charge in [-0.05, 0) is 48.0 Å². The van der Waals surface area contributed by atoms with E-state index < -0.39 is 0 Å². The standard InChI is InChI=1S/C27H27NO/c1-27(2)21-10-5-3-8-18(21)19-15-14-17(16-22(19)27)28-23-11-7-13-25-26(23)20-9-4-6-12-24(20)29-25/h3-15,18,20-22,24,28H,16H2,1-2H3. The summed E-state index contributed by atoms with van der Waals surface area (Å²) in [6.07, 6.45) is 23.8. The van der Waals surface area contributed by atoms with Crippen molar-refractivity contribution < 1.29 is 4.74 Å². The molecule has 0 spiro atoms. The van der Waals surface area contributed by atoms with Gasteiger partial charge in [-0.25, -0.2) is 0 Å². The van der Waals surface area contributed by atoms with Crippen molar-refractivity contribution in [2.45, 2.75) is 32.3 Å². The molecule has 1 aromatic rings. The molecule has 5 atom stereocenters. The molecule has 2 nitrogen and oxygen atoms in total. The molecule has 0 bridgehead atoms. The SMILES string of the molecule is CC1(C)C2CC(Nc3cccc4c3C3C=CC=CC3O4)=CC=C2C2C=CC=CC21. The molecule has 1 heterocycles. The van der Waals surface area contributed by atoms with Gasteiger partial charge in [0.2, 0.25) is 0 Å². The topological polar surface area (TPSA) is 21.3 Å². The third kappa shape index (κ3) is 2.48. The lowest BCUT2D eigenvalue weighted by molar-refractivity contribution is 0.216. The zero-order chi connectivity index (χ0) is 19.6. The number of allylic oxidation sites excluding steroid dienone is 10. The summed E-state index contributed by atoms with van der Waals surface area (Å²) >= 11 is 0. The predicted octanol–water partition coefficient (Wildman–Crippen LogP) is 6.30. The number of ether oxygens (including phenoxy) is 1. The number of anilines is 1. The first-order chi connectivity index (χ1) is 14.1. The lowest BCUT2D eigenvalue weighted by Gasteiger charge is -2.34. The van der Waals surface area contributed by atoms with Crippen LogP contribution in [0, 0.1) is 23.2 Å². The third-order valence-corrected chi connectivity index (χ3v) is 7.62. The number of benzene rings is 1. The maximum atomic E-state index is 6.18. The number of hydrogen-bond acceptors (Lipinski definition) is 2. The van der Waals surface area contributed by atoms with Crippen molar-refractivity contribution in [3.63, 3.8) is 0 Å². The Morgan fingerprint density at radius 2 is 1.72 bits per heavy atom. The molecule has 5 aliphatic rings. The molecular weight excluding hydrogens is 354 g/mol. The molecular formula is C27H27NO. The molecule has 1 saturated carbocycles. The van der Waals surface area contributed by atoms with E-state index in [9.17, 15) is 0 Å². The van der Waals surface area contributed by atoms with E-state index in [1.807, 2.05) is 0 Å². The molecule has 2 heteroatoms. The summed E-state index contributed by atoms with van der Waals surface area (Å²) in [5, 5.41) is 3.79. The highest BCUT2D eigenvalue weighted by Crippen LogP contribution is 2.59. The van der Waals surface area contributed by atoms with Crippen molar-refractivity contribution in [1.82, 2.24) is 0 Å². The summed E-state index contributed by atoms with van der Waals surface area (Å²) in [5.41, 5.74) is 5.66. The Morgan fingerprint density at radius 3 is 2.62 bits per heavy atom. The number of rotatable bonds is 2. The van der Waals surface area contributed by atoms with Gasteiger partial charge in [0.25, 0.3) is 0 Å². The Bertz CT molecular complexity index is 1050. The minimum atomic E-state index is 0.125. The van der Waals surface area contributed by atoms with E-state index in [1.54, 1.807) is 5.57 Å². The Balaban J connectivity index is 1.32. The molecule has 1 aromatic carbocycles. The fourth-order valence-electron chi connectivity index (χ4n) is 6.10. The van der Waals surface area contributed by atoms with Gasteiger partial charge in [0.15, 0.2) is 0 Å². The largest absolute Gasteiger partial charge is 0.485 e. The number of nitrogens with one attached hydrogen (secondary N) is 1. The summed E-state index contributed by atoms with van der Waals surface area (Å²) in [5.74, 6) is 3.06. The normalized spacial score (nSPS) is 34.5. The van der Waals surface area contributed by atoms with Crippen LogP contribution in [0.4, 0.5) is 5.69 Å². The maximum absolute atomic E-state index is 6.18. The number of hydrogen-bond donors (Lipinski definition) is 1. The monoisotopic (exact) mass is 381 g/mol. The maximum Gasteiger partial charge on any atom is 0.128 e. The first-order valence-corrected chi connectivity index (χ1v) is 10.8. The van der Waals surface area contributed by atoms with Crippen LogP contribution in [-0.2, 0) is 0 Å². The van der Waals surface area contributed by atoms with Crippen LogP contribution in [0.3, 0.4) is 0 Å². The minimum Gasteiger partial charge on any atom is -0.485 e. The van der Waals surface area contributed by atoms with E-state index in [0.29, 0.717) is 23.7 Å². The second kappa shape index (κ2) is 6.13. The highest BCUT2D eigenvalue weighted by atomic mass is 16.5. The fourth-order valence-corrected chi connectivity index (χ4v) is 6.10. The van der Waals surface area contributed by atoms with Crippen LogP contribution in [0.1, 0.15) is 31.7 Å². The predicted molar refractivity (Wildman–Crippen MR) is 119 cm³/mol. The Hall–Kier alpha value is -2.74. The smallest absolute Gasteiger partial charge is 0.128 e. The van der Waals surface area contributed by atoms with E-state index >= 15 is 0 Å². The molecule has 1 aliphatic heterocycles. The van der Waals surface area contributed by atoms with Crippen LogP contribution >= 0.6 is 0 Å². The summed E-state index contributed by atoms with van der Waals surface area (Å²) in [4.78, 5) is 0. The lowest BCUT2D eigenvalue weighted by atomic mass is 9.71. The fraction of sp³-hybridized carbons (Fsp3) is 0.333. The Kier molecular flexibility index (Phi) is 3.62. The average Bonchev–Trinajstić information content (AvgIpc) is 3.23. The molecule has 146 valence electrons. The Morgan fingerprint density at radius 1 is 0.931 bits per heavy atom. The van der Waals surface area contributed by atoms with Crippen molar-refractivity contribution in [3.8, 4) is 5.75 Å². The zero-order valence-electron chi connectivity index (χ0n) is 17.0. The van der Waals surface area contributed by atoms with Crippen molar-refractivity contribution in [2.24, 2.45) is 23.2 Å². The molecule has 0 aromatic heterocycles. The summed E-state index contributed by atoms with van der Waals surface area (Å²) in [7, 11) is 0. The van der Waals surface area contributed by atoms with Crippen molar-refractivity contribution in [1.29, 1.82) is 0 Å². The van der Waals surface area contributed by atoms with Gasteiger partial charge in [-0.2, -0.15) is 0 Å². The van der Waals surface area contributed by atoms with Crippen LogP contribution in [0.5, 0.6) is 5.75 Å². The molecule has 29 heavy (non-hydrogen) atoms. The van der Waals surface area contributed by atoms with Crippen LogP contribution in [0.25, 0.3) is 0 Å². The van der Waals surface area contributed by atoms with Crippen LogP contribution in [0.2, 0.25) is 0 Å². The third-order valence-electron chi connectivity index (χ3n) is 7.62. The second-order valence-corrected chi connectivity index (χ2v) is 9.48. The second-order valence-electron chi connectivity index (χ2n) is 9.48. The molecule has 4 aliphatic carbocycles. The average molecular weight is 382 g/mol. The molecule has 0 amide bonds. The minimum absolute atomic E-state index is 0.125. The van der Waals surface area contributed by atoms with Crippen LogP contribution in [-0.4, -0.2) is 6.10 Å². The molecule has 0 saturated heterocycles. The van der Waals surface area contributed by atoms with Crippen LogP contribution in [0.15, 0.2) is 90.2 Å². The molecule has 1 N–H and O–H groups in total. The van der Waals surface area contributed by atoms with E-state index in [4.69, 9.17) is 4.74 Å². The van der Waals surface area contributed by atoms with E-state index in [-0.39, 0.29) is 11.5 Å². The lowest BCUT2D eigenvalue weighted by Crippen LogP contribution is -2.27. The zero-order valence-corrected chi connectivity index (χ0v) is 17.0. The molecule has 0 radical (unpaired) electrons. The van der Waals surface area contributed by atoms with Gasteiger partial charge in [0, 0.05) is 28.8 Å². The van der Waals surface area contributed by atoms with Crippen molar-refractivity contribution in [2.75, 3.05) is 5.32 Å². The van der Waals surface area contributed by atoms with Gasteiger partial charge < -0.3 is 10.1 Å². The summed E-state index contributed by atoms with van der Waals surface area (Å²) in [6.45, 7) is 4.89. The van der Waals surface area contributed by atoms with E-state index in [2.05, 4.69) is 98.1 Å². The first-order valence-electron chi connectivity index (χ1n) is 10.8. The van der Waals surface area contributed by atoms with Crippen molar-refractivity contribution in [3.05, 3.63) is 95.8 Å². The van der Waals surface area contributed by atoms with Gasteiger partial charge in [0.05, 0.1) is 0 Å². The van der Waals surface area contributed by atoms with E-state index in [0.717, 1.165) is 12.2 Å². The molecule has 1 fully saturated rings. The van der Waals surface area contributed by atoms with Gasteiger partial charge in [-0.3, -0.25) is 0 Å². The van der Waals surface area contributed by atoms with E-state index in [1.165, 1.54) is 16.9 Å². The quantitative estimate of drug-likeness (QED) is 0.649. The van der Waals surface area contributed by atoms with Gasteiger partial charge in [0.1, 0.15) is 11.9 Å². The van der Waals surface area contributed by atoms with Gasteiger partial charge in [-0.1, -0.05) is 74.1 Å². The van der Waals surface area contributed by atoms with Crippen LogP contribution < -0.4 is 10.1 Å². The first kappa shape index (κ1) is 17.1. The molecule has 6 rings (SSSR count). The Labute approximate surface area is 173 Å². The highest BCUT2D eigenvalue weighted by molar-refractivity contribution is 5.66. The van der Waals surface area contributed by atoms with Gasteiger partial charge in [-0.15, -0.1) is 0 Å². The molecule has 5 unspecified atom stereocenters. The highest BCUT2D eigenvalue weighted by Gasteiger charge is 2.51.